The van der Waals surface area contributed by atoms with Crippen molar-refractivity contribution in [1.29, 1.82) is 0 Å². The monoisotopic (exact) mass is 5220 g/mol. The molecule has 0 unspecified atom stereocenters. The van der Waals surface area contributed by atoms with Gasteiger partial charge in [-0.05, 0) is 0 Å². The number of aliphatic hydroxyl groups excluding tert-OH is 1. The van der Waals surface area contributed by atoms with E-state index in [0.717, 1.165) is 7.11 Å². The zero-order chi connectivity index (χ0) is 4.71. The van der Waals surface area contributed by atoms with E-state index in [1.54, 1.807) is 0 Å². The van der Waals surface area contributed by atoms with E-state index in [1.165, 1.54) is 13.2 Å². The van der Waals surface area contributed by atoms with Crippen LogP contribution in [-0.2, 0) is 1880 Å². The smallest absolute Gasteiger partial charge is 0.0319 e. The van der Waals surface area contributed by atoms with Crippen molar-refractivity contribution in [2.24, 2.45) is 0 Å². The fourth-order valence-corrected chi connectivity index (χ4v) is 0. The molecule has 0 aromatic carbocycles. The molecule has 0 aromatic heterocycles. The quantitative estimate of drug-likeness (QED) is 0.332. The van der Waals surface area contributed by atoms with Crippen molar-refractivity contribution >= 4 is 6.29 Å². The van der Waals surface area contributed by atoms with Crippen LogP contribution in [-0.4, -0.2) is 18.5 Å². The SMILES string of the molecule is CO.C[C-]=O.[V].[V].[V].[V].[V].[V].[V].[V].[V].[V].[V].[V].[V].[V].[V].[V].[V].[V].[V].[V].[V].[V].[V].[V].[V].[V].[V].[V].[V].[V].[V].[V].[V].[V].[V].[V].[V].[V].[V].[V].[V].[V].[V].[V].[V].[V].[V].[V].[V].[V].[V].[V].[V].[V].[V].[V].[V].[V].[V].[V].[V].[V].[V].[V].[V].[V].[V].[V].[V].[V].[V].[V].[V].[V].[V].[V].[V].[V].[V].[V].[V].[V].[V].[V].[V].[V].[V].[V].[V].[V].[V].[V].[V].[V].[V].[V].[V].[V].[V].[V].[V]. The van der Waals surface area contributed by atoms with Gasteiger partial charge in [0, 0.05) is 1880 Å². The largest absolute Gasteiger partial charge is 0.542 e. The van der Waals surface area contributed by atoms with Crippen molar-refractivity contribution in [3.05, 3.63) is 0 Å². The van der Waals surface area contributed by atoms with E-state index in [0.29, 0.717) is 0 Å². The molecule has 0 saturated carbocycles. The molecule has 0 bridgehead atoms. The third-order valence-corrected chi connectivity index (χ3v) is 0. The number of hydrogen-bond acceptors (Lipinski definition) is 2. The minimum absolute atomic E-state index is 0. The molecule has 103 heteroatoms. The van der Waals surface area contributed by atoms with Gasteiger partial charge in [0.2, 0.25) is 0 Å². The Kier molecular flexibility index (Phi) is 13300. The fraction of sp³-hybridized carbons (Fsp3) is 0.667. The normalized spacial score (nSPS) is 0.179. The molecule has 0 atom stereocenters. The van der Waals surface area contributed by atoms with Gasteiger partial charge in [-0.2, -0.15) is 6.92 Å². The Hall–Kier alpha value is 58.7. The number of aliphatic hydroxyl groups is 1. The summed E-state index contributed by atoms with van der Waals surface area (Å²) in [5.74, 6) is 0. The average molecular weight is 5220 g/mol. The maximum absolute atomic E-state index is 8.68. The Labute approximate surface area is 1850 Å². The predicted octanol–water partition coefficient (Wildman–Crippen LogP) is -0.528. The van der Waals surface area contributed by atoms with Gasteiger partial charge in [-0.3, -0.25) is 6.29 Å². The molecular formula is C3H7O2V101-. The molecule has 0 rings (SSSR count). The van der Waals surface area contributed by atoms with Crippen LogP contribution < -0.4 is 0 Å². The van der Waals surface area contributed by atoms with Gasteiger partial charge in [0.15, 0.2) is 0 Å². The van der Waals surface area contributed by atoms with E-state index in [2.05, 4.69) is 0 Å². The third-order valence-electron chi connectivity index (χ3n) is 0. The zero-order valence-electron chi connectivity index (χ0n) is 48.5. The van der Waals surface area contributed by atoms with Crippen LogP contribution in [0.1, 0.15) is 6.92 Å². The molecule has 0 saturated heterocycles. The van der Waals surface area contributed by atoms with Gasteiger partial charge < -0.3 is 9.90 Å². The second kappa shape index (κ2) is 1220. The summed E-state index contributed by atoms with van der Waals surface area (Å²) in [5.41, 5.74) is 0. The third kappa shape index (κ3) is 1240. The molecule has 0 aliphatic carbocycles. The molecule has 0 spiro atoms. The Morgan fingerprint density at radius 1 is 0.0849 bits per heavy atom. The molecule has 0 aliphatic heterocycles. The summed E-state index contributed by atoms with van der Waals surface area (Å²) in [5, 5.41) is 7.00. The molecule has 101 radical (unpaired) electrons. The van der Waals surface area contributed by atoms with Gasteiger partial charge in [0.25, 0.3) is 0 Å². The van der Waals surface area contributed by atoms with Crippen molar-refractivity contribution in [2.75, 3.05) is 7.11 Å². The van der Waals surface area contributed by atoms with E-state index >= 15 is 0 Å². The minimum Gasteiger partial charge on any atom is -0.542 e. The molecular weight excluding hydrogens is 5210 g/mol. The molecule has 106 heavy (non-hydrogen) atoms. The van der Waals surface area contributed by atoms with Gasteiger partial charge in [-0.15, -0.1) is 0 Å². The molecule has 2 nitrogen and oxygen atoms in total. The van der Waals surface area contributed by atoms with Crippen LogP contribution in [0.2, 0.25) is 0 Å². The van der Waals surface area contributed by atoms with Crippen LogP contribution in [0.4, 0.5) is 0 Å². The number of hydrogen-bond donors (Lipinski definition) is 1. The molecule has 0 fully saturated rings. The molecule has 537 valence electrons. The molecule has 0 aliphatic rings. The Bertz CT molecular complexity index is 41.4. The first kappa shape index (κ1) is 1160. The number of carbonyl (C=O) groups excluding carboxylic acids is 1. The second-order valence-corrected chi connectivity index (χ2v) is 0.204. The van der Waals surface area contributed by atoms with E-state index in [4.69, 9.17) is 9.90 Å². The van der Waals surface area contributed by atoms with E-state index in [9.17, 15) is 0 Å². The van der Waals surface area contributed by atoms with Crippen LogP contribution in [0.15, 0.2) is 0 Å². The summed E-state index contributed by atoms with van der Waals surface area (Å²) >= 11 is 0. The number of rotatable bonds is 0. The van der Waals surface area contributed by atoms with Gasteiger partial charge in [-0.25, -0.2) is 0 Å². The van der Waals surface area contributed by atoms with Crippen molar-refractivity contribution in [3.63, 3.8) is 0 Å². The maximum Gasteiger partial charge on any atom is 0.0319 e. The first-order valence-electron chi connectivity index (χ1n) is 1.15. The van der Waals surface area contributed by atoms with Gasteiger partial charge in [0.1, 0.15) is 0 Å². The van der Waals surface area contributed by atoms with Crippen LogP contribution in [0.3, 0.4) is 0 Å². The Morgan fingerprint density at radius 2 is 0.0849 bits per heavy atom. The fourth-order valence-electron chi connectivity index (χ4n) is 0. The van der Waals surface area contributed by atoms with E-state index in [1.807, 2.05) is 0 Å². The average Bonchev–Trinajstić information content (AvgIpc) is 1.46. The summed E-state index contributed by atoms with van der Waals surface area (Å²) in [7, 11) is 1.00. The van der Waals surface area contributed by atoms with Gasteiger partial charge >= 0.3 is 0 Å². The summed E-state index contributed by atoms with van der Waals surface area (Å²) in [4.78, 5) is 8.68. The van der Waals surface area contributed by atoms with Gasteiger partial charge in [0.05, 0.1) is 0 Å². The van der Waals surface area contributed by atoms with Crippen LogP contribution in [0, 0.1) is 0 Å². The zero-order valence-corrected chi connectivity index (χ0v) is 190. The van der Waals surface area contributed by atoms with Crippen LogP contribution >= 0.6 is 0 Å². The summed E-state index contributed by atoms with van der Waals surface area (Å²) in [6.45, 7) is 1.32. The van der Waals surface area contributed by atoms with Crippen molar-refractivity contribution in [1.82, 2.24) is 0 Å². The molecule has 0 amide bonds. The van der Waals surface area contributed by atoms with Crippen molar-refractivity contribution < 1.29 is 1880 Å². The van der Waals surface area contributed by atoms with Crippen LogP contribution in [0.25, 0.3) is 0 Å². The van der Waals surface area contributed by atoms with Crippen molar-refractivity contribution in [2.45, 2.75) is 6.92 Å². The van der Waals surface area contributed by atoms with E-state index in [-0.39, 0.29) is 1870 Å². The first-order valence-corrected chi connectivity index (χ1v) is 1.15. The van der Waals surface area contributed by atoms with Crippen molar-refractivity contribution in [3.8, 4) is 0 Å². The minimum atomic E-state index is 0. The predicted molar refractivity (Wildman–Crippen MR) is 19.5 cm³/mol. The summed E-state index contributed by atoms with van der Waals surface area (Å²) in [6.07, 6.45) is 1.50. The summed E-state index contributed by atoms with van der Waals surface area (Å²) in [6, 6.07) is 0. The maximum atomic E-state index is 8.68. The molecule has 0 heterocycles. The van der Waals surface area contributed by atoms with Gasteiger partial charge in [-0.1, -0.05) is 0 Å². The molecule has 1 N–H and O–H groups in total. The Morgan fingerprint density at radius 3 is 0.0849 bits per heavy atom. The molecule has 0 aromatic rings. The summed E-state index contributed by atoms with van der Waals surface area (Å²) < 4.78 is 0. The first-order chi connectivity index (χ1) is 2.41. The topological polar surface area (TPSA) is 37.3 Å². The van der Waals surface area contributed by atoms with E-state index < -0.39 is 0 Å². The second-order valence-electron chi connectivity index (χ2n) is 0.204. The Balaban J connectivity index is -0.00000000000862. The van der Waals surface area contributed by atoms with Crippen LogP contribution in [0.5, 0.6) is 0 Å². The standard InChI is InChI=1S/C2H3O.CH4O.101V/c1-2-3;1-2;;;;;;;;;;;;;;;;;;;;;;;;;;;;;;;;;;;;;;;;;;;;;;;;;;;;;;;;;;;;;;;;;;;;;;;;;;;;;;;;;;;;;;;;;;;;;;;;;;;;;/h1H3;2H,1H3;;;;;;;;;;;;;;;;;;;;;;;;;;;;;;;;;;;;;;;;;;;;;;;;;;;;;;;;;;;;;;;;;;;;;;;;;;;;;;;;;;;;;;;;;;;;;;;;;;;;;/q-1;;;;;;;;;;;;;;;;;;;;;;;;;;;;;;;;;;;;;;;;;;;;;;;;;;;;;;;;;;;;;;;;;;;;;;;;;;;;;;;;;;;;;;;;;;;;;;;;;;;;;;.